The van der Waals surface area contributed by atoms with E-state index in [9.17, 15) is 9.59 Å². The summed E-state index contributed by atoms with van der Waals surface area (Å²) in [7, 11) is 0. The van der Waals surface area contributed by atoms with Crippen molar-refractivity contribution in [3.8, 4) is 11.5 Å². The third-order valence-corrected chi connectivity index (χ3v) is 3.48. The molecule has 0 bridgehead atoms. The highest BCUT2D eigenvalue weighted by Gasteiger charge is 2.11. The average Bonchev–Trinajstić information content (AvgIpc) is 2.62. The lowest BCUT2D eigenvalue weighted by Gasteiger charge is -2.12. The van der Waals surface area contributed by atoms with Gasteiger partial charge >= 0.3 is 6.03 Å². The fraction of sp³-hybridized carbons (Fsp3) is 0.263. The number of amides is 3. The Morgan fingerprint density at radius 2 is 1.62 bits per heavy atom. The molecule has 0 aromatic heterocycles. The maximum absolute atomic E-state index is 12.4. The Hall–Kier alpha value is -3.22. The van der Waals surface area contributed by atoms with Gasteiger partial charge in [-0.05, 0) is 49.7 Å². The summed E-state index contributed by atoms with van der Waals surface area (Å²) < 4.78 is 11.0. The number of ether oxygens (including phenoxy) is 2. The SMILES string of the molecule is CCOc1ccc(C(=O)NCc2ccc(NC(N)=O)cc2)cc1OCC. The lowest BCUT2D eigenvalue weighted by molar-refractivity contribution is 0.0950. The maximum Gasteiger partial charge on any atom is 0.316 e. The number of primary amides is 1. The first-order chi connectivity index (χ1) is 12.5. The van der Waals surface area contributed by atoms with Crippen molar-refractivity contribution in [2.75, 3.05) is 18.5 Å². The van der Waals surface area contributed by atoms with E-state index in [4.69, 9.17) is 15.2 Å². The van der Waals surface area contributed by atoms with Crippen molar-refractivity contribution in [3.63, 3.8) is 0 Å². The van der Waals surface area contributed by atoms with E-state index in [1.54, 1.807) is 42.5 Å². The van der Waals surface area contributed by atoms with Crippen LogP contribution in [0.5, 0.6) is 11.5 Å². The number of urea groups is 1. The summed E-state index contributed by atoms with van der Waals surface area (Å²) in [4.78, 5) is 23.2. The monoisotopic (exact) mass is 357 g/mol. The van der Waals surface area contributed by atoms with Crippen molar-refractivity contribution in [2.24, 2.45) is 5.73 Å². The van der Waals surface area contributed by atoms with Crippen molar-refractivity contribution in [1.82, 2.24) is 5.32 Å². The topological polar surface area (TPSA) is 103 Å². The standard InChI is InChI=1S/C19H23N3O4/c1-3-25-16-10-7-14(11-17(16)26-4-2)18(23)21-12-13-5-8-15(9-6-13)22-19(20)24/h5-11H,3-4,12H2,1-2H3,(H,21,23)(H3,20,22,24). The van der Waals surface area contributed by atoms with Crippen LogP contribution in [0.1, 0.15) is 29.8 Å². The van der Waals surface area contributed by atoms with Gasteiger partial charge in [-0.15, -0.1) is 0 Å². The number of hydrogen-bond acceptors (Lipinski definition) is 4. The Morgan fingerprint density at radius 3 is 2.23 bits per heavy atom. The van der Waals surface area contributed by atoms with Gasteiger partial charge in [0, 0.05) is 17.8 Å². The minimum Gasteiger partial charge on any atom is -0.490 e. The summed E-state index contributed by atoms with van der Waals surface area (Å²) in [6.45, 7) is 5.12. The smallest absolute Gasteiger partial charge is 0.316 e. The fourth-order valence-corrected chi connectivity index (χ4v) is 2.32. The Morgan fingerprint density at radius 1 is 0.962 bits per heavy atom. The van der Waals surface area contributed by atoms with E-state index in [2.05, 4.69) is 10.6 Å². The lowest BCUT2D eigenvalue weighted by Crippen LogP contribution is -2.23. The molecule has 0 heterocycles. The predicted molar refractivity (Wildman–Crippen MR) is 99.6 cm³/mol. The second kappa shape index (κ2) is 9.31. The molecule has 0 radical (unpaired) electrons. The van der Waals surface area contributed by atoms with Gasteiger partial charge in [-0.25, -0.2) is 4.79 Å². The molecule has 2 aromatic carbocycles. The lowest BCUT2D eigenvalue weighted by atomic mass is 10.1. The molecule has 0 atom stereocenters. The van der Waals surface area contributed by atoms with Gasteiger partial charge in [0.15, 0.2) is 11.5 Å². The van der Waals surface area contributed by atoms with Crippen molar-refractivity contribution in [1.29, 1.82) is 0 Å². The van der Waals surface area contributed by atoms with Crippen LogP contribution in [-0.4, -0.2) is 25.2 Å². The Bertz CT molecular complexity index is 760. The van der Waals surface area contributed by atoms with Crippen molar-refractivity contribution >= 4 is 17.6 Å². The normalized spacial score (nSPS) is 10.1. The Balaban J connectivity index is 2.00. The molecule has 0 fully saturated rings. The number of benzene rings is 2. The molecule has 7 nitrogen and oxygen atoms in total. The fourth-order valence-electron chi connectivity index (χ4n) is 2.32. The molecule has 0 saturated carbocycles. The Labute approximate surface area is 152 Å². The number of rotatable bonds is 8. The number of carbonyl (C=O) groups is 2. The maximum atomic E-state index is 12.4. The molecule has 0 unspecified atom stereocenters. The molecule has 4 N–H and O–H groups in total. The summed E-state index contributed by atoms with van der Waals surface area (Å²) in [5.41, 5.74) is 7.04. The van der Waals surface area contributed by atoms with Crippen LogP contribution in [0.3, 0.4) is 0 Å². The third kappa shape index (κ3) is 5.41. The summed E-state index contributed by atoms with van der Waals surface area (Å²) >= 11 is 0. The van der Waals surface area contributed by atoms with E-state index in [0.717, 1.165) is 5.56 Å². The van der Waals surface area contributed by atoms with Crippen LogP contribution in [0.15, 0.2) is 42.5 Å². The Kier molecular flexibility index (Phi) is 6.84. The summed E-state index contributed by atoms with van der Waals surface area (Å²) in [6.07, 6.45) is 0. The molecule has 7 heteroatoms. The summed E-state index contributed by atoms with van der Waals surface area (Å²) in [6, 6.07) is 11.5. The number of hydrogen-bond donors (Lipinski definition) is 3. The molecule has 2 rings (SSSR count). The zero-order chi connectivity index (χ0) is 18.9. The van der Waals surface area contributed by atoms with Gasteiger partial charge in [0.25, 0.3) is 5.91 Å². The molecule has 138 valence electrons. The quantitative estimate of drug-likeness (QED) is 0.676. The second-order valence-corrected chi connectivity index (χ2v) is 5.40. The number of anilines is 1. The predicted octanol–water partition coefficient (Wildman–Crippen LogP) is 2.90. The molecular weight excluding hydrogens is 334 g/mol. The summed E-state index contributed by atoms with van der Waals surface area (Å²) in [5, 5.41) is 5.33. The van der Waals surface area contributed by atoms with E-state index in [1.165, 1.54) is 0 Å². The highest BCUT2D eigenvalue weighted by molar-refractivity contribution is 5.94. The van der Waals surface area contributed by atoms with Crippen LogP contribution in [0.2, 0.25) is 0 Å². The number of carbonyl (C=O) groups excluding carboxylic acids is 2. The van der Waals surface area contributed by atoms with E-state index >= 15 is 0 Å². The van der Waals surface area contributed by atoms with Crippen LogP contribution >= 0.6 is 0 Å². The van der Waals surface area contributed by atoms with Crippen LogP contribution < -0.4 is 25.8 Å². The molecule has 0 saturated heterocycles. The van der Waals surface area contributed by atoms with Gasteiger partial charge in [-0.2, -0.15) is 0 Å². The number of nitrogens with one attached hydrogen (secondary N) is 2. The molecule has 3 amide bonds. The first kappa shape index (κ1) is 19.1. The molecule has 0 aliphatic carbocycles. The molecule has 2 aromatic rings. The van der Waals surface area contributed by atoms with Crippen LogP contribution in [0.25, 0.3) is 0 Å². The molecule has 0 aliphatic heterocycles. The summed E-state index contributed by atoms with van der Waals surface area (Å²) in [5.74, 6) is 0.945. The largest absolute Gasteiger partial charge is 0.490 e. The first-order valence-electron chi connectivity index (χ1n) is 8.36. The minimum atomic E-state index is -0.619. The van der Waals surface area contributed by atoms with Crippen LogP contribution in [0, 0.1) is 0 Å². The first-order valence-corrected chi connectivity index (χ1v) is 8.36. The zero-order valence-corrected chi connectivity index (χ0v) is 14.9. The average molecular weight is 357 g/mol. The van der Waals surface area contributed by atoms with Gasteiger partial charge in [0.2, 0.25) is 0 Å². The van der Waals surface area contributed by atoms with Crippen molar-refractivity contribution in [2.45, 2.75) is 20.4 Å². The molecular formula is C19H23N3O4. The zero-order valence-electron chi connectivity index (χ0n) is 14.9. The van der Waals surface area contributed by atoms with Crippen molar-refractivity contribution < 1.29 is 19.1 Å². The molecule has 26 heavy (non-hydrogen) atoms. The second-order valence-electron chi connectivity index (χ2n) is 5.40. The van der Waals surface area contributed by atoms with E-state index in [1.807, 2.05) is 13.8 Å². The molecule has 0 spiro atoms. The van der Waals surface area contributed by atoms with E-state index in [-0.39, 0.29) is 5.91 Å². The van der Waals surface area contributed by atoms with Gasteiger partial charge in [-0.3, -0.25) is 4.79 Å². The van der Waals surface area contributed by atoms with Crippen LogP contribution in [-0.2, 0) is 6.54 Å². The number of nitrogens with two attached hydrogens (primary N) is 1. The molecule has 0 aliphatic rings. The van der Waals surface area contributed by atoms with Gasteiger partial charge in [0.05, 0.1) is 13.2 Å². The van der Waals surface area contributed by atoms with Crippen molar-refractivity contribution in [3.05, 3.63) is 53.6 Å². The third-order valence-electron chi connectivity index (χ3n) is 3.48. The van der Waals surface area contributed by atoms with E-state index in [0.29, 0.717) is 42.5 Å². The highest BCUT2D eigenvalue weighted by atomic mass is 16.5. The van der Waals surface area contributed by atoms with Gasteiger partial charge < -0.3 is 25.8 Å². The highest BCUT2D eigenvalue weighted by Crippen LogP contribution is 2.28. The van der Waals surface area contributed by atoms with Gasteiger partial charge in [0.1, 0.15) is 0 Å². The van der Waals surface area contributed by atoms with Gasteiger partial charge in [-0.1, -0.05) is 12.1 Å². The van der Waals surface area contributed by atoms with E-state index < -0.39 is 6.03 Å². The minimum absolute atomic E-state index is 0.215. The van der Waals surface area contributed by atoms with Crippen LogP contribution in [0.4, 0.5) is 10.5 Å².